The number of fused-ring (bicyclic) bond motifs is 2. The number of hydrogen-bond acceptors (Lipinski definition) is 4. The molecule has 3 heterocycles. The van der Waals surface area contributed by atoms with Crippen molar-refractivity contribution in [3.05, 3.63) is 83.8 Å². The number of aliphatic hydroxyl groups is 1. The van der Waals surface area contributed by atoms with E-state index in [9.17, 15) is 5.11 Å². The topological polar surface area (TPSA) is 54.2 Å². The zero-order valence-corrected chi connectivity index (χ0v) is 17.0. The summed E-state index contributed by atoms with van der Waals surface area (Å²) in [7, 11) is 0. The van der Waals surface area contributed by atoms with Gasteiger partial charge in [-0.25, -0.2) is 9.97 Å². The van der Waals surface area contributed by atoms with E-state index in [-0.39, 0.29) is 6.61 Å². The maximum atomic E-state index is 9.22. The van der Waals surface area contributed by atoms with E-state index in [0.29, 0.717) is 0 Å². The van der Waals surface area contributed by atoms with Crippen LogP contribution < -0.4 is 0 Å². The monoisotopic (exact) mass is 398 g/mol. The third kappa shape index (κ3) is 3.74. The number of benzene rings is 2. The predicted molar refractivity (Wildman–Crippen MR) is 119 cm³/mol. The van der Waals surface area contributed by atoms with Crippen LogP contribution in [0, 0.1) is 0 Å². The van der Waals surface area contributed by atoms with Crippen LogP contribution >= 0.6 is 0 Å². The summed E-state index contributed by atoms with van der Waals surface area (Å²) in [6.45, 7) is 3.84. The third-order valence-corrected chi connectivity index (χ3v) is 5.87. The second-order valence-corrected chi connectivity index (χ2v) is 7.93. The molecule has 5 heteroatoms. The van der Waals surface area contributed by atoms with Crippen LogP contribution in [0.25, 0.3) is 22.3 Å². The smallest absolute Gasteiger partial charge is 0.159 e. The van der Waals surface area contributed by atoms with Gasteiger partial charge in [-0.15, -0.1) is 0 Å². The Morgan fingerprint density at radius 1 is 1.00 bits per heavy atom. The molecule has 0 radical (unpaired) electrons. The Hall–Kier alpha value is -3.02. The fraction of sp³-hybridized carbons (Fsp3) is 0.280. The highest BCUT2D eigenvalue weighted by Gasteiger charge is 2.20. The van der Waals surface area contributed by atoms with Crippen LogP contribution in [0.3, 0.4) is 0 Å². The van der Waals surface area contributed by atoms with Gasteiger partial charge in [0.25, 0.3) is 0 Å². The Morgan fingerprint density at radius 3 is 2.70 bits per heavy atom. The van der Waals surface area contributed by atoms with Crippen molar-refractivity contribution in [3.63, 3.8) is 0 Å². The van der Waals surface area contributed by atoms with E-state index in [1.807, 2.05) is 24.4 Å². The predicted octanol–water partition coefficient (Wildman–Crippen LogP) is 4.04. The standard InChI is InChI=1S/C25H26N4O/c30-14-6-12-29-18-21(22-9-4-5-10-24(22)29)17-28-13-11-23-20(16-28)15-26-25(27-23)19-7-2-1-3-8-19/h1-5,7-10,15,18,30H,6,11-14,16-17H2. The Bertz CT molecular complexity index is 1150. The van der Waals surface area contributed by atoms with E-state index in [1.165, 1.54) is 27.7 Å². The van der Waals surface area contributed by atoms with Crippen molar-refractivity contribution in [1.29, 1.82) is 0 Å². The molecule has 1 aliphatic heterocycles. The molecule has 0 amide bonds. The molecule has 5 nitrogen and oxygen atoms in total. The van der Waals surface area contributed by atoms with Gasteiger partial charge in [-0.05, 0) is 18.1 Å². The van der Waals surface area contributed by atoms with Crippen LogP contribution in [0.15, 0.2) is 67.0 Å². The van der Waals surface area contributed by atoms with Gasteiger partial charge >= 0.3 is 0 Å². The number of aryl methyl sites for hydroxylation is 1. The minimum Gasteiger partial charge on any atom is -0.396 e. The lowest BCUT2D eigenvalue weighted by Crippen LogP contribution is -2.30. The lowest BCUT2D eigenvalue weighted by Gasteiger charge is -2.28. The fourth-order valence-electron chi connectivity index (χ4n) is 4.35. The number of aromatic nitrogens is 3. The first-order valence-electron chi connectivity index (χ1n) is 10.6. The molecular weight excluding hydrogens is 372 g/mol. The maximum Gasteiger partial charge on any atom is 0.159 e. The average Bonchev–Trinajstić information content (AvgIpc) is 3.15. The largest absolute Gasteiger partial charge is 0.396 e. The van der Waals surface area contributed by atoms with Gasteiger partial charge in [-0.2, -0.15) is 0 Å². The normalized spacial score (nSPS) is 14.2. The van der Waals surface area contributed by atoms with Crippen LogP contribution in [0.4, 0.5) is 0 Å². The van der Waals surface area contributed by atoms with Crippen molar-refractivity contribution >= 4 is 10.9 Å². The molecule has 1 N–H and O–H groups in total. The van der Waals surface area contributed by atoms with Gasteiger partial charge in [0, 0.05) is 73.6 Å². The summed E-state index contributed by atoms with van der Waals surface area (Å²) in [5.74, 6) is 0.815. The highest BCUT2D eigenvalue weighted by Crippen LogP contribution is 2.26. The molecular formula is C25H26N4O. The number of aliphatic hydroxyl groups excluding tert-OH is 1. The summed E-state index contributed by atoms with van der Waals surface area (Å²) >= 11 is 0. The highest BCUT2D eigenvalue weighted by atomic mass is 16.3. The third-order valence-electron chi connectivity index (χ3n) is 5.87. The number of nitrogens with zero attached hydrogens (tertiary/aromatic N) is 4. The second kappa shape index (κ2) is 8.38. The van der Waals surface area contributed by atoms with Crippen molar-refractivity contribution in [1.82, 2.24) is 19.4 Å². The molecule has 1 aliphatic rings. The number of para-hydroxylation sites is 1. The molecule has 2 aromatic carbocycles. The van der Waals surface area contributed by atoms with Crippen LogP contribution in [-0.2, 0) is 26.1 Å². The van der Waals surface area contributed by atoms with E-state index < -0.39 is 0 Å². The Labute approximate surface area is 176 Å². The lowest BCUT2D eigenvalue weighted by atomic mass is 10.1. The van der Waals surface area contributed by atoms with E-state index >= 15 is 0 Å². The maximum absolute atomic E-state index is 9.22. The highest BCUT2D eigenvalue weighted by molar-refractivity contribution is 5.84. The summed E-state index contributed by atoms with van der Waals surface area (Å²) in [6, 6.07) is 18.7. The molecule has 0 spiro atoms. The Morgan fingerprint density at radius 2 is 1.83 bits per heavy atom. The molecule has 5 rings (SSSR count). The molecule has 0 bridgehead atoms. The Balaban J connectivity index is 1.36. The van der Waals surface area contributed by atoms with Gasteiger partial charge in [-0.1, -0.05) is 48.5 Å². The van der Waals surface area contributed by atoms with Gasteiger partial charge in [0.15, 0.2) is 5.82 Å². The van der Waals surface area contributed by atoms with Crippen LogP contribution in [0.5, 0.6) is 0 Å². The zero-order valence-electron chi connectivity index (χ0n) is 17.0. The molecule has 0 saturated heterocycles. The second-order valence-electron chi connectivity index (χ2n) is 7.93. The fourth-order valence-corrected chi connectivity index (χ4v) is 4.35. The van der Waals surface area contributed by atoms with Crippen molar-refractivity contribution in [2.24, 2.45) is 0 Å². The molecule has 0 aliphatic carbocycles. The van der Waals surface area contributed by atoms with Gasteiger partial charge in [0.05, 0.1) is 5.69 Å². The molecule has 30 heavy (non-hydrogen) atoms. The number of rotatable bonds is 6. The molecule has 2 aromatic heterocycles. The molecule has 0 saturated carbocycles. The minimum atomic E-state index is 0.218. The van der Waals surface area contributed by atoms with Crippen LogP contribution in [0.2, 0.25) is 0 Å². The number of hydrogen-bond donors (Lipinski definition) is 1. The average molecular weight is 399 g/mol. The van der Waals surface area contributed by atoms with Crippen molar-refractivity contribution < 1.29 is 5.11 Å². The Kier molecular flexibility index (Phi) is 5.30. The van der Waals surface area contributed by atoms with Gasteiger partial charge < -0.3 is 9.67 Å². The van der Waals surface area contributed by atoms with Crippen LogP contribution in [-0.4, -0.2) is 37.7 Å². The first-order valence-corrected chi connectivity index (χ1v) is 10.6. The van der Waals surface area contributed by atoms with E-state index in [2.05, 4.69) is 57.0 Å². The minimum absolute atomic E-state index is 0.218. The summed E-state index contributed by atoms with van der Waals surface area (Å²) in [6.07, 6.45) is 5.98. The molecule has 0 fully saturated rings. The zero-order chi connectivity index (χ0) is 20.3. The van der Waals surface area contributed by atoms with Gasteiger partial charge in [-0.3, -0.25) is 4.90 Å². The SMILES string of the molecule is OCCCn1cc(CN2CCc3nc(-c4ccccc4)ncc3C2)c2ccccc21. The first-order chi connectivity index (χ1) is 14.8. The summed E-state index contributed by atoms with van der Waals surface area (Å²) in [5.41, 5.74) is 6.05. The van der Waals surface area contributed by atoms with Crippen molar-refractivity contribution in [2.45, 2.75) is 32.5 Å². The van der Waals surface area contributed by atoms with Gasteiger partial charge in [0.2, 0.25) is 0 Å². The van der Waals surface area contributed by atoms with Crippen LogP contribution in [0.1, 0.15) is 23.2 Å². The molecule has 0 atom stereocenters. The quantitative estimate of drug-likeness (QED) is 0.533. The van der Waals surface area contributed by atoms with Gasteiger partial charge in [0.1, 0.15) is 0 Å². The van der Waals surface area contributed by atoms with E-state index in [1.54, 1.807) is 0 Å². The summed E-state index contributed by atoms with van der Waals surface area (Å²) < 4.78 is 2.27. The summed E-state index contributed by atoms with van der Waals surface area (Å²) in [4.78, 5) is 12.0. The van der Waals surface area contributed by atoms with E-state index in [4.69, 9.17) is 4.98 Å². The molecule has 0 unspecified atom stereocenters. The van der Waals surface area contributed by atoms with Crippen molar-refractivity contribution in [3.8, 4) is 11.4 Å². The molecule has 4 aromatic rings. The summed E-state index contributed by atoms with van der Waals surface area (Å²) in [5, 5.41) is 10.5. The van der Waals surface area contributed by atoms with E-state index in [0.717, 1.165) is 50.4 Å². The van der Waals surface area contributed by atoms with Crippen molar-refractivity contribution in [2.75, 3.05) is 13.2 Å². The lowest BCUT2D eigenvalue weighted by molar-refractivity contribution is 0.243. The molecule has 152 valence electrons. The first kappa shape index (κ1) is 19.0.